The smallest absolute Gasteiger partial charge is 0.134 e. The second-order valence-corrected chi connectivity index (χ2v) is 3.70. The van der Waals surface area contributed by atoms with Crippen LogP contribution in [0.4, 0.5) is 0 Å². The molecular weight excluding hydrogens is 220 g/mol. The summed E-state index contributed by atoms with van der Waals surface area (Å²) in [7, 11) is 3.10. The molecule has 0 amide bonds. The fourth-order valence-corrected chi connectivity index (χ4v) is 1.86. The summed E-state index contributed by atoms with van der Waals surface area (Å²) < 4.78 is 10.4. The van der Waals surface area contributed by atoms with E-state index in [1.165, 1.54) is 13.2 Å². The molecule has 0 atom stereocenters. The van der Waals surface area contributed by atoms with Gasteiger partial charge in [0.25, 0.3) is 0 Å². The molecule has 0 bridgehead atoms. The molecule has 0 aliphatic heterocycles. The average molecular weight is 234 g/mol. The molecule has 0 aromatic heterocycles. The van der Waals surface area contributed by atoms with Crippen molar-refractivity contribution in [2.24, 2.45) is 0 Å². The van der Waals surface area contributed by atoms with Crippen molar-refractivity contribution in [1.82, 2.24) is 0 Å². The zero-order valence-electron chi connectivity index (χ0n) is 9.73. The number of rotatable bonds is 3. The number of hydrogen-bond acceptors (Lipinski definition) is 4. The van der Waals surface area contributed by atoms with Crippen LogP contribution in [0.5, 0.6) is 17.2 Å². The number of ether oxygens (including phenoxy) is 2. The molecule has 0 aliphatic rings. The molecule has 0 spiro atoms. The summed E-state index contributed by atoms with van der Waals surface area (Å²) in [5, 5.41) is 20.4. The first kappa shape index (κ1) is 11.5. The van der Waals surface area contributed by atoms with Crippen LogP contribution in [-0.4, -0.2) is 24.4 Å². The number of benzene rings is 2. The van der Waals surface area contributed by atoms with E-state index in [1.807, 2.05) is 0 Å². The molecule has 4 heteroatoms. The monoisotopic (exact) mass is 234 g/mol. The van der Waals surface area contributed by atoms with Gasteiger partial charge in [0.05, 0.1) is 26.2 Å². The minimum atomic E-state index is -0.122. The predicted molar refractivity (Wildman–Crippen MR) is 64.6 cm³/mol. The highest BCUT2D eigenvalue weighted by Crippen LogP contribution is 2.37. The molecule has 0 saturated heterocycles. The maximum Gasteiger partial charge on any atom is 0.134 e. The molecule has 0 heterocycles. The van der Waals surface area contributed by atoms with Crippen molar-refractivity contribution in [2.75, 3.05) is 14.2 Å². The molecule has 90 valence electrons. The maximum atomic E-state index is 9.93. The summed E-state index contributed by atoms with van der Waals surface area (Å²) in [6.45, 7) is -0.122. The Morgan fingerprint density at radius 3 is 2.41 bits per heavy atom. The van der Waals surface area contributed by atoms with Gasteiger partial charge in [-0.2, -0.15) is 0 Å². The number of hydrogen-bond donors (Lipinski definition) is 2. The van der Waals surface area contributed by atoms with Crippen LogP contribution in [0.3, 0.4) is 0 Å². The number of fused-ring (bicyclic) bond motifs is 1. The quantitative estimate of drug-likeness (QED) is 0.853. The number of phenols is 1. The van der Waals surface area contributed by atoms with Crippen molar-refractivity contribution in [1.29, 1.82) is 0 Å². The molecule has 2 aromatic rings. The summed E-state index contributed by atoms with van der Waals surface area (Å²) in [6, 6.07) is 6.81. The summed E-state index contributed by atoms with van der Waals surface area (Å²) in [6.07, 6.45) is 0. The largest absolute Gasteiger partial charge is 0.507 e. The molecule has 0 aliphatic carbocycles. The van der Waals surface area contributed by atoms with Gasteiger partial charge in [-0.1, -0.05) is 0 Å². The van der Waals surface area contributed by atoms with Crippen LogP contribution in [-0.2, 0) is 6.61 Å². The van der Waals surface area contributed by atoms with Gasteiger partial charge in [-0.3, -0.25) is 0 Å². The Balaban J connectivity index is 2.79. The van der Waals surface area contributed by atoms with Crippen LogP contribution in [0.2, 0.25) is 0 Å². The SMILES string of the molecule is COc1cc(OC)c2c(O)cc(CO)cc2c1. The molecule has 0 fully saturated rings. The van der Waals surface area contributed by atoms with Crippen LogP contribution in [0.15, 0.2) is 24.3 Å². The topological polar surface area (TPSA) is 58.9 Å². The Morgan fingerprint density at radius 2 is 1.82 bits per heavy atom. The van der Waals surface area contributed by atoms with Crippen LogP contribution in [0.1, 0.15) is 5.56 Å². The second kappa shape index (κ2) is 4.51. The van der Waals surface area contributed by atoms with Crippen LogP contribution < -0.4 is 9.47 Å². The molecule has 0 unspecified atom stereocenters. The fraction of sp³-hybridized carbons (Fsp3) is 0.231. The summed E-state index contributed by atoms with van der Waals surface area (Å²) in [4.78, 5) is 0. The lowest BCUT2D eigenvalue weighted by molar-refractivity contribution is 0.281. The van der Waals surface area contributed by atoms with E-state index in [2.05, 4.69) is 0 Å². The predicted octanol–water partition coefficient (Wildman–Crippen LogP) is 2.05. The van der Waals surface area contributed by atoms with Crippen LogP contribution in [0.25, 0.3) is 10.8 Å². The lowest BCUT2D eigenvalue weighted by atomic mass is 10.0. The molecule has 4 nitrogen and oxygen atoms in total. The maximum absolute atomic E-state index is 9.93. The number of aliphatic hydroxyl groups is 1. The van der Waals surface area contributed by atoms with Gasteiger partial charge in [-0.05, 0) is 29.1 Å². The second-order valence-electron chi connectivity index (χ2n) is 3.70. The minimum absolute atomic E-state index is 0.0889. The van der Waals surface area contributed by atoms with Gasteiger partial charge in [0.1, 0.15) is 17.2 Å². The van der Waals surface area contributed by atoms with Gasteiger partial charge in [-0.15, -0.1) is 0 Å². The number of methoxy groups -OCH3 is 2. The van der Waals surface area contributed by atoms with Crippen molar-refractivity contribution in [3.63, 3.8) is 0 Å². The standard InChI is InChI=1S/C13H14O4/c1-16-10-5-9-3-8(7-14)4-11(15)13(9)12(6-10)17-2/h3-6,14-15H,7H2,1-2H3. The number of phenolic OH excluding ortho intramolecular Hbond substituents is 1. The first-order chi connectivity index (χ1) is 8.19. The zero-order valence-corrected chi connectivity index (χ0v) is 9.73. The van der Waals surface area contributed by atoms with E-state index in [-0.39, 0.29) is 12.4 Å². The highest BCUT2D eigenvalue weighted by atomic mass is 16.5. The van der Waals surface area contributed by atoms with Gasteiger partial charge in [0.15, 0.2) is 0 Å². The van der Waals surface area contributed by atoms with Crippen molar-refractivity contribution >= 4 is 10.8 Å². The van der Waals surface area contributed by atoms with Crippen molar-refractivity contribution in [2.45, 2.75) is 6.61 Å². The normalized spacial score (nSPS) is 10.5. The highest BCUT2D eigenvalue weighted by molar-refractivity contribution is 5.95. The molecule has 17 heavy (non-hydrogen) atoms. The lowest BCUT2D eigenvalue weighted by Crippen LogP contribution is -1.91. The molecule has 0 radical (unpaired) electrons. The van der Waals surface area contributed by atoms with Gasteiger partial charge in [-0.25, -0.2) is 0 Å². The summed E-state index contributed by atoms with van der Waals surface area (Å²) in [5.74, 6) is 1.27. The van der Waals surface area contributed by atoms with Gasteiger partial charge in [0.2, 0.25) is 0 Å². The van der Waals surface area contributed by atoms with E-state index in [0.717, 1.165) is 5.39 Å². The fourth-order valence-electron chi connectivity index (χ4n) is 1.86. The van der Waals surface area contributed by atoms with E-state index in [1.54, 1.807) is 25.3 Å². The van der Waals surface area contributed by atoms with Gasteiger partial charge < -0.3 is 19.7 Å². The Labute approximate surface area is 99.0 Å². The van der Waals surface area contributed by atoms with E-state index in [4.69, 9.17) is 14.6 Å². The zero-order chi connectivity index (χ0) is 12.4. The third kappa shape index (κ3) is 1.99. The Kier molecular flexibility index (Phi) is 3.06. The van der Waals surface area contributed by atoms with Crippen molar-refractivity contribution in [3.8, 4) is 17.2 Å². The Bertz CT molecular complexity index is 543. The highest BCUT2D eigenvalue weighted by Gasteiger charge is 2.10. The first-order valence-corrected chi connectivity index (χ1v) is 5.18. The summed E-state index contributed by atoms with van der Waals surface area (Å²) >= 11 is 0. The number of aliphatic hydroxyl groups excluding tert-OH is 1. The average Bonchev–Trinajstić information content (AvgIpc) is 2.36. The Hall–Kier alpha value is -1.94. The minimum Gasteiger partial charge on any atom is -0.507 e. The molecule has 2 rings (SSSR count). The van der Waals surface area contributed by atoms with Crippen LogP contribution >= 0.6 is 0 Å². The molecule has 2 N–H and O–H groups in total. The molecule has 0 saturated carbocycles. The molecular formula is C13H14O4. The lowest BCUT2D eigenvalue weighted by Gasteiger charge is -2.11. The van der Waals surface area contributed by atoms with Crippen molar-refractivity contribution < 1.29 is 19.7 Å². The molecule has 2 aromatic carbocycles. The third-order valence-corrected chi connectivity index (χ3v) is 2.66. The number of aromatic hydroxyl groups is 1. The van der Waals surface area contributed by atoms with E-state index in [0.29, 0.717) is 22.4 Å². The Morgan fingerprint density at radius 1 is 1.06 bits per heavy atom. The van der Waals surface area contributed by atoms with Gasteiger partial charge >= 0.3 is 0 Å². The van der Waals surface area contributed by atoms with E-state index < -0.39 is 0 Å². The van der Waals surface area contributed by atoms with Gasteiger partial charge in [0, 0.05) is 6.07 Å². The third-order valence-electron chi connectivity index (χ3n) is 2.66. The van der Waals surface area contributed by atoms with Crippen molar-refractivity contribution in [3.05, 3.63) is 29.8 Å². The van der Waals surface area contributed by atoms with E-state index in [9.17, 15) is 5.11 Å². The first-order valence-electron chi connectivity index (χ1n) is 5.18. The summed E-state index contributed by atoms with van der Waals surface area (Å²) in [5.41, 5.74) is 0.644. The van der Waals surface area contributed by atoms with E-state index >= 15 is 0 Å². The van der Waals surface area contributed by atoms with Crippen LogP contribution in [0, 0.1) is 0 Å².